The molecular weight excluding hydrogens is 254 g/mol. The van der Waals surface area contributed by atoms with Gasteiger partial charge in [-0.25, -0.2) is 4.98 Å². The zero-order valence-electron chi connectivity index (χ0n) is 11.8. The molecule has 2 heterocycles. The van der Waals surface area contributed by atoms with E-state index < -0.39 is 0 Å². The van der Waals surface area contributed by atoms with Crippen LogP contribution in [0.5, 0.6) is 11.5 Å². The molecule has 0 saturated carbocycles. The van der Waals surface area contributed by atoms with Crippen molar-refractivity contribution in [3.63, 3.8) is 0 Å². The van der Waals surface area contributed by atoms with Gasteiger partial charge >= 0.3 is 0 Å². The highest BCUT2D eigenvalue weighted by molar-refractivity contribution is 5.63. The summed E-state index contributed by atoms with van der Waals surface area (Å²) in [6, 6.07) is 5.88. The van der Waals surface area contributed by atoms with Crippen LogP contribution in [0.2, 0.25) is 0 Å². The lowest BCUT2D eigenvalue weighted by Gasteiger charge is -2.08. The number of nitrogens with zero attached hydrogens (tertiary/aromatic N) is 1. The van der Waals surface area contributed by atoms with E-state index in [0.717, 1.165) is 48.1 Å². The Hall–Kier alpha value is -2.01. The number of H-pyrrole nitrogens is 1. The summed E-state index contributed by atoms with van der Waals surface area (Å²) in [6.07, 6.45) is 3.02. The number of methoxy groups -OCH3 is 2. The first-order valence-electron chi connectivity index (χ1n) is 6.80. The molecule has 1 aromatic heterocycles. The van der Waals surface area contributed by atoms with Crippen molar-refractivity contribution in [3.05, 3.63) is 30.2 Å². The Morgan fingerprint density at radius 2 is 2.05 bits per heavy atom. The maximum Gasteiger partial charge on any atom is 0.161 e. The van der Waals surface area contributed by atoms with Crippen LogP contribution in [-0.4, -0.2) is 37.3 Å². The van der Waals surface area contributed by atoms with E-state index in [1.165, 1.54) is 0 Å². The molecule has 20 heavy (non-hydrogen) atoms. The number of aromatic nitrogens is 2. The molecule has 1 saturated heterocycles. The molecule has 2 aromatic rings. The van der Waals surface area contributed by atoms with Gasteiger partial charge < -0.3 is 19.8 Å². The lowest BCUT2D eigenvalue weighted by atomic mass is 10.1. The van der Waals surface area contributed by atoms with Crippen molar-refractivity contribution in [3.8, 4) is 22.8 Å². The third-order valence-corrected chi connectivity index (χ3v) is 3.74. The van der Waals surface area contributed by atoms with Crippen LogP contribution in [0.3, 0.4) is 0 Å². The predicted octanol–water partition coefficient (Wildman–Crippen LogP) is 2.17. The molecule has 0 spiro atoms. The van der Waals surface area contributed by atoms with Crippen molar-refractivity contribution in [2.45, 2.75) is 12.3 Å². The van der Waals surface area contributed by atoms with Gasteiger partial charge in [-0.2, -0.15) is 0 Å². The molecule has 0 amide bonds. The fraction of sp³-hybridized carbons (Fsp3) is 0.400. The SMILES string of the molecule is COc1ccc(-c2cnc(C3CCNC3)[nH]2)cc1OC. The van der Waals surface area contributed by atoms with Crippen molar-refractivity contribution in [2.24, 2.45) is 0 Å². The molecule has 106 valence electrons. The molecule has 0 aliphatic carbocycles. The standard InChI is InChI=1S/C15H19N3O2/c1-19-13-4-3-10(7-14(13)20-2)12-9-17-15(18-12)11-5-6-16-8-11/h3-4,7,9,11,16H,5-6,8H2,1-2H3,(H,17,18). The molecule has 1 atom stereocenters. The number of ether oxygens (including phenoxy) is 2. The van der Waals surface area contributed by atoms with Gasteiger partial charge in [0.2, 0.25) is 0 Å². The normalized spacial score (nSPS) is 18.2. The lowest BCUT2D eigenvalue weighted by Crippen LogP contribution is -2.08. The molecule has 1 aliphatic heterocycles. The molecule has 1 fully saturated rings. The summed E-state index contributed by atoms with van der Waals surface area (Å²) in [7, 11) is 3.28. The second-order valence-corrected chi connectivity index (χ2v) is 4.94. The Morgan fingerprint density at radius 1 is 1.20 bits per heavy atom. The lowest BCUT2D eigenvalue weighted by molar-refractivity contribution is 0.355. The largest absolute Gasteiger partial charge is 0.493 e. The minimum atomic E-state index is 0.490. The number of benzene rings is 1. The number of hydrogen-bond acceptors (Lipinski definition) is 4. The number of aromatic amines is 1. The highest BCUT2D eigenvalue weighted by Gasteiger charge is 2.19. The van der Waals surface area contributed by atoms with Crippen LogP contribution in [0.25, 0.3) is 11.3 Å². The van der Waals surface area contributed by atoms with E-state index in [-0.39, 0.29) is 0 Å². The average Bonchev–Trinajstić information content (AvgIpc) is 3.16. The maximum absolute atomic E-state index is 5.34. The first-order valence-corrected chi connectivity index (χ1v) is 6.80. The van der Waals surface area contributed by atoms with E-state index in [4.69, 9.17) is 9.47 Å². The van der Waals surface area contributed by atoms with E-state index in [9.17, 15) is 0 Å². The maximum atomic E-state index is 5.34. The van der Waals surface area contributed by atoms with Crippen LogP contribution < -0.4 is 14.8 Å². The monoisotopic (exact) mass is 273 g/mol. The Labute approximate surface area is 118 Å². The van der Waals surface area contributed by atoms with Crippen LogP contribution in [0.1, 0.15) is 18.2 Å². The smallest absolute Gasteiger partial charge is 0.161 e. The first-order chi connectivity index (χ1) is 9.81. The molecule has 1 unspecified atom stereocenters. The number of nitrogens with one attached hydrogen (secondary N) is 2. The van der Waals surface area contributed by atoms with Crippen molar-refractivity contribution in [1.82, 2.24) is 15.3 Å². The second kappa shape index (κ2) is 5.54. The van der Waals surface area contributed by atoms with E-state index in [2.05, 4.69) is 15.3 Å². The highest BCUT2D eigenvalue weighted by Crippen LogP contribution is 2.32. The average molecular weight is 273 g/mol. The molecule has 5 nitrogen and oxygen atoms in total. The zero-order valence-corrected chi connectivity index (χ0v) is 11.8. The van der Waals surface area contributed by atoms with Gasteiger partial charge in [0, 0.05) is 18.0 Å². The molecule has 0 bridgehead atoms. The van der Waals surface area contributed by atoms with Gasteiger partial charge in [0.15, 0.2) is 11.5 Å². The van der Waals surface area contributed by atoms with Crippen molar-refractivity contribution in [2.75, 3.05) is 27.3 Å². The highest BCUT2D eigenvalue weighted by atomic mass is 16.5. The fourth-order valence-corrected chi connectivity index (χ4v) is 2.58. The first kappa shape index (κ1) is 13.0. The molecule has 0 radical (unpaired) electrons. The summed E-state index contributed by atoms with van der Waals surface area (Å²) in [5, 5.41) is 3.36. The van der Waals surface area contributed by atoms with E-state index >= 15 is 0 Å². The number of hydrogen-bond donors (Lipinski definition) is 2. The van der Waals surface area contributed by atoms with E-state index in [1.807, 2.05) is 24.4 Å². The molecule has 1 aliphatic rings. The predicted molar refractivity (Wildman–Crippen MR) is 77.4 cm³/mol. The minimum Gasteiger partial charge on any atom is -0.493 e. The van der Waals surface area contributed by atoms with Crippen molar-refractivity contribution in [1.29, 1.82) is 0 Å². The van der Waals surface area contributed by atoms with Gasteiger partial charge in [-0.05, 0) is 31.2 Å². The Balaban J connectivity index is 1.88. The van der Waals surface area contributed by atoms with E-state index in [0.29, 0.717) is 5.92 Å². The van der Waals surface area contributed by atoms with Crippen LogP contribution >= 0.6 is 0 Å². The number of rotatable bonds is 4. The summed E-state index contributed by atoms with van der Waals surface area (Å²) < 4.78 is 10.6. The number of imidazole rings is 1. The zero-order chi connectivity index (χ0) is 13.9. The Bertz CT molecular complexity index is 589. The quantitative estimate of drug-likeness (QED) is 0.896. The van der Waals surface area contributed by atoms with Gasteiger partial charge in [0.05, 0.1) is 26.1 Å². The van der Waals surface area contributed by atoms with Gasteiger partial charge in [0.25, 0.3) is 0 Å². The third-order valence-electron chi connectivity index (χ3n) is 3.74. The molecule has 2 N–H and O–H groups in total. The summed E-state index contributed by atoms with van der Waals surface area (Å²) in [5.41, 5.74) is 2.06. The van der Waals surface area contributed by atoms with Gasteiger partial charge in [-0.15, -0.1) is 0 Å². The molecule has 5 heteroatoms. The van der Waals surface area contributed by atoms with Crippen LogP contribution in [0, 0.1) is 0 Å². The summed E-state index contributed by atoms with van der Waals surface area (Å²) in [4.78, 5) is 7.92. The van der Waals surface area contributed by atoms with Crippen LogP contribution in [0.4, 0.5) is 0 Å². The van der Waals surface area contributed by atoms with Crippen LogP contribution in [-0.2, 0) is 0 Å². The third kappa shape index (κ3) is 2.36. The fourth-order valence-electron chi connectivity index (χ4n) is 2.58. The molecular formula is C15H19N3O2. The van der Waals surface area contributed by atoms with Gasteiger partial charge in [-0.1, -0.05) is 0 Å². The Morgan fingerprint density at radius 3 is 2.75 bits per heavy atom. The van der Waals surface area contributed by atoms with Crippen molar-refractivity contribution >= 4 is 0 Å². The summed E-state index contributed by atoms with van der Waals surface area (Å²) in [5.74, 6) is 3.00. The Kier molecular flexibility index (Phi) is 3.60. The molecule has 1 aromatic carbocycles. The van der Waals surface area contributed by atoms with E-state index in [1.54, 1.807) is 14.2 Å². The minimum absolute atomic E-state index is 0.490. The van der Waals surface area contributed by atoms with Crippen LogP contribution in [0.15, 0.2) is 24.4 Å². The molecule has 3 rings (SSSR count). The van der Waals surface area contributed by atoms with Crippen molar-refractivity contribution < 1.29 is 9.47 Å². The summed E-state index contributed by atoms with van der Waals surface area (Å²) in [6.45, 7) is 2.07. The van der Waals surface area contributed by atoms with Gasteiger partial charge in [0.1, 0.15) is 5.82 Å². The van der Waals surface area contributed by atoms with Gasteiger partial charge in [-0.3, -0.25) is 0 Å². The topological polar surface area (TPSA) is 59.2 Å². The summed E-state index contributed by atoms with van der Waals surface area (Å²) >= 11 is 0. The second-order valence-electron chi connectivity index (χ2n) is 4.94.